The fourth-order valence-electron chi connectivity index (χ4n) is 2.58. The van der Waals surface area contributed by atoms with Crippen LogP contribution in [0.2, 0.25) is 0 Å². The molecule has 0 atom stereocenters. The Labute approximate surface area is 119 Å². The Balaban J connectivity index is 1.76. The Morgan fingerprint density at radius 1 is 0.850 bits per heavy atom. The summed E-state index contributed by atoms with van der Waals surface area (Å²) in [5, 5.41) is 0. The number of nitrogens with zero attached hydrogens (tertiary/aromatic N) is 2. The molecule has 3 nitrogen and oxygen atoms in total. The monoisotopic (exact) mass is 266 g/mol. The van der Waals surface area contributed by atoms with Crippen molar-refractivity contribution in [2.45, 2.75) is 13.0 Å². The van der Waals surface area contributed by atoms with Crippen molar-refractivity contribution in [2.24, 2.45) is 0 Å². The lowest BCUT2D eigenvalue weighted by molar-refractivity contribution is 0.192. The molecule has 0 aliphatic carbocycles. The largest absolute Gasteiger partial charge is 0.324 e. The molecule has 20 heavy (non-hydrogen) atoms. The Morgan fingerprint density at radius 3 is 2.20 bits per heavy atom. The summed E-state index contributed by atoms with van der Waals surface area (Å²) in [7, 11) is 0. The van der Waals surface area contributed by atoms with Crippen molar-refractivity contribution >= 4 is 11.7 Å². The van der Waals surface area contributed by atoms with E-state index in [0.717, 1.165) is 25.2 Å². The topological polar surface area (TPSA) is 23.6 Å². The van der Waals surface area contributed by atoms with Crippen LogP contribution in [0.4, 0.5) is 10.5 Å². The van der Waals surface area contributed by atoms with E-state index in [-0.39, 0.29) is 6.03 Å². The van der Waals surface area contributed by atoms with E-state index in [1.807, 2.05) is 58.3 Å². The SMILES string of the molecule is O=C1N(Cc2ccccc2)CCCN1c1ccccc1. The van der Waals surface area contributed by atoms with E-state index >= 15 is 0 Å². The van der Waals surface area contributed by atoms with Gasteiger partial charge in [-0.2, -0.15) is 0 Å². The fraction of sp³-hybridized carbons (Fsp3) is 0.235. The van der Waals surface area contributed by atoms with Gasteiger partial charge in [0.15, 0.2) is 0 Å². The Kier molecular flexibility index (Phi) is 3.68. The number of para-hydroxylation sites is 1. The maximum absolute atomic E-state index is 12.6. The maximum atomic E-state index is 12.6. The van der Waals surface area contributed by atoms with Gasteiger partial charge in [0.2, 0.25) is 0 Å². The minimum Gasteiger partial charge on any atom is -0.320 e. The van der Waals surface area contributed by atoms with Gasteiger partial charge in [0, 0.05) is 25.3 Å². The summed E-state index contributed by atoms with van der Waals surface area (Å²) in [5.74, 6) is 0. The average molecular weight is 266 g/mol. The third-order valence-electron chi connectivity index (χ3n) is 3.60. The van der Waals surface area contributed by atoms with Crippen molar-refractivity contribution in [1.29, 1.82) is 0 Å². The predicted octanol–water partition coefficient (Wildman–Crippen LogP) is 3.52. The highest BCUT2D eigenvalue weighted by Gasteiger charge is 2.26. The first-order chi connectivity index (χ1) is 9.84. The van der Waals surface area contributed by atoms with Crippen LogP contribution in [0, 0.1) is 0 Å². The molecule has 3 heteroatoms. The second kappa shape index (κ2) is 5.78. The first kappa shape index (κ1) is 12.7. The van der Waals surface area contributed by atoms with Crippen LogP contribution in [0.3, 0.4) is 0 Å². The van der Waals surface area contributed by atoms with Crippen LogP contribution >= 0.6 is 0 Å². The lowest BCUT2D eigenvalue weighted by atomic mass is 10.2. The van der Waals surface area contributed by atoms with Gasteiger partial charge in [-0.05, 0) is 24.1 Å². The molecule has 0 spiro atoms. The highest BCUT2D eigenvalue weighted by atomic mass is 16.2. The molecule has 102 valence electrons. The molecule has 2 amide bonds. The van der Waals surface area contributed by atoms with E-state index in [1.165, 1.54) is 5.56 Å². The molecule has 2 aromatic carbocycles. The van der Waals surface area contributed by atoms with Crippen LogP contribution in [-0.2, 0) is 6.54 Å². The molecule has 3 rings (SSSR count). The number of amides is 2. The third kappa shape index (κ3) is 2.67. The van der Waals surface area contributed by atoms with Crippen molar-refractivity contribution in [3.8, 4) is 0 Å². The Hall–Kier alpha value is -2.29. The van der Waals surface area contributed by atoms with Gasteiger partial charge in [0.05, 0.1) is 0 Å². The zero-order valence-electron chi connectivity index (χ0n) is 11.4. The second-order valence-corrected chi connectivity index (χ2v) is 5.03. The van der Waals surface area contributed by atoms with Crippen molar-refractivity contribution in [2.75, 3.05) is 18.0 Å². The number of anilines is 1. The van der Waals surface area contributed by atoms with Crippen LogP contribution in [0.1, 0.15) is 12.0 Å². The van der Waals surface area contributed by atoms with Gasteiger partial charge in [-0.3, -0.25) is 4.90 Å². The van der Waals surface area contributed by atoms with Crippen molar-refractivity contribution in [3.63, 3.8) is 0 Å². The predicted molar refractivity (Wildman–Crippen MR) is 80.7 cm³/mol. The fourth-order valence-corrected chi connectivity index (χ4v) is 2.58. The van der Waals surface area contributed by atoms with E-state index in [1.54, 1.807) is 0 Å². The number of hydrogen-bond acceptors (Lipinski definition) is 1. The summed E-state index contributed by atoms with van der Waals surface area (Å²) in [6.45, 7) is 2.31. The molecule has 0 saturated carbocycles. The summed E-state index contributed by atoms with van der Waals surface area (Å²) in [4.78, 5) is 16.4. The lowest BCUT2D eigenvalue weighted by Crippen LogP contribution is -2.49. The molecule has 1 aliphatic rings. The smallest absolute Gasteiger partial charge is 0.320 e. The van der Waals surface area contributed by atoms with E-state index < -0.39 is 0 Å². The van der Waals surface area contributed by atoms with Gasteiger partial charge < -0.3 is 4.90 Å². The van der Waals surface area contributed by atoms with E-state index in [0.29, 0.717) is 6.54 Å². The summed E-state index contributed by atoms with van der Waals surface area (Å²) >= 11 is 0. The van der Waals surface area contributed by atoms with E-state index in [4.69, 9.17) is 0 Å². The number of urea groups is 1. The number of hydrogen-bond donors (Lipinski definition) is 0. The molecule has 0 radical (unpaired) electrons. The number of rotatable bonds is 3. The molecule has 1 aliphatic heterocycles. The molecule has 1 heterocycles. The van der Waals surface area contributed by atoms with Gasteiger partial charge in [-0.15, -0.1) is 0 Å². The van der Waals surface area contributed by atoms with Crippen LogP contribution in [0.15, 0.2) is 60.7 Å². The van der Waals surface area contributed by atoms with Crippen LogP contribution in [0.25, 0.3) is 0 Å². The number of carbonyl (C=O) groups is 1. The Bertz CT molecular complexity index is 568. The van der Waals surface area contributed by atoms with Gasteiger partial charge in [-0.25, -0.2) is 4.79 Å². The molecular formula is C17H18N2O. The highest BCUT2D eigenvalue weighted by Crippen LogP contribution is 2.20. The summed E-state index contributed by atoms with van der Waals surface area (Å²) < 4.78 is 0. The quantitative estimate of drug-likeness (QED) is 0.833. The van der Waals surface area contributed by atoms with Gasteiger partial charge in [0.25, 0.3) is 0 Å². The maximum Gasteiger partial charge on any atom is 0.324 e. The summed E-state index contributed by atoms with van der Waals surface area (Å²) in [5.41, 5.74) is 2.16. The molecule has 0 aromatic heterocycles. The Morgan fingerprint density at radius 2 is 1.50 bits per heavy atom. The molecule has 0 N–H and O–H groups in total. The minimum absolute atomic E-state index is 0.103. The van der Waals surface area contributed by atoms with E-state index in [2.05, 4.69) is 12.1 Å². The first-order valence-electron chi connectivity index (χ1n) is 7.00. The molecule has 0 bridgehead atoms. The third-order valence-corrected chi connectivity index (χ3v) is 3.60. The number of carbonyl (C=O) groups excluding carboxylic acids is 1. The molecule has 1 saturated heterocycles. The standard InChI is InChI=1S/C17H18N2O/c20-17-18(14-15-8-3-1-4-9-15)12-7-13-19(17)16-10-5-2-6-11-16/h1-6,8-11H,7,12-14H2. The summed E-state index contributed by atoms with van der Waals surface area (Å²) in [6.07, 6.45) is 1.01. The van der Waals surface area contributed by atoms with Crippen molar-refractivity contribution in [3.05, 3.63) is 66.2 Å². The molecule has 0 unspecified atom stereocenters. The van der Waals surface area contributed by atoms with Crippen LogP contribution in [0.5, 0.6) is 0 Å². The normalized spacial score (nSPS) is 15.5. The van der Waals surface area contributed by atoms with Crippen LogP contribution in [-0.4, -0.2) is 24.0 Å². The molecule has 2 aromatic rings. The second-order valence-electron chi connectivity index (χ2n) is 5.03. The van der Waals surface area contributed by atoms with Crippen molar-refractivity contribution < 1.29 is 4.79 Å². The zero-order chi connectivity index (χ0) is 13.8. The zero-order valence-corrected chi connectivity index (χ0v) is 11.4. The van der Waals surface area contributed by atoms with Crippen molar-refractivity contribution in [1.82, 2.24) is 4.90 Å². The van der Waals surface area contributed by atoms with E-state index in [9.17, 15) is 4.79 Å². The van der Waals surface area contributed by atoms with Crippen LogP contribution < -0.4 is 4.90 Å². The lowest BCUT2D eigenvalue weighted by Gasteiger charge is -2.35. The van der Waals surface area contributed by atoms with Gasteiger partial charge in [-0.1, -0.05) is 48.5 Å². The molecular weight excluding hydrogens is 248 g/mol. The highest BCUT2D eigenvalue weighted by molar-refractivity contribution is 5.92. The number of benzene rings is 2. The first-order valence-corrected chi connectivity index (χ1v) is 7.00. The van der Waals surface area contributed by atoms with Gasteiger partial charge >= 0.3 is 6.03 Å². The summed E-state index contributed by atoms with van der Waals surface area (Å²) in [6, 6.07) is 20.1. The molecule has 1 fully saturated rings. The minimum atomic E-state index is 0.103. The average Bonchev–Trinajstić information content (AvgIpc) is 2.51. The van der Waals surface area contributed by atoms with Gasteiger partial charge in [0.1, 0.15) is 0 Å².